The van der Waals surface area contributed by atoms with Crippen molar-refractivity contribution in [1.29, 1.82) is 0 Å². The van der Waals surface area contributed by atoms with Gasteiger partial charge in [0.05, 0.1) is 0 Å². The van der Waals surface area contributed by atoms with Crippen molar-refractivity contribution in [1.82, 2.24) is 0 Å². The molecule has 0 fully saturated rings. The lowest BCUT2D eigenvalue weighted by Gasteiger charge is -2.28. The molecule has 7 aromatic carbocycles. The van der Waals surface area contributed by atoms with Crippen molar-refractivity contribution in [3.63, 3.8) is 0 Å². The predicted molar refractivity (Wildman–Crippen MR) is 197 cm³/mol. The van der Waals surface area contributed by atoms with Crippen LogP contribution in [0.3, 0.4) is 0 Å². The van der Waals surface area contributed by atoms with Gasteiger partial charge in [0.25, 0.3) is 0 Å². The summed E-state index contributed by atoms with van der Waals surface area (Å²) in [5.41, 5.74) is 14.5. The van der Waals surface area contributed by atoms with E-state index in [1.165, 1.54) is 92.5 Å². The van der Waals surface area contributed by atoms with E-state index in [-0.39, 0.29) is 5.41 Å². The molecule has 2 aliphatic rings. The van der Waals surface area contributed by atoms with Crippen molar-refractivity contribution in [2.75, 3.05) is 4.90 Å². The zero-order chi connectivity index (χ0) is 30.6. The highest BCUT2D eigenvalue weighted by atomic mass is 32.1. The van der Waals surface area contributed by atoms with E-state index in [1.807, 2.05) is 11.3 Å². The van der Waals surface area contributed by atoms with E-state index in [2.05, 4.69) is 158 Å². The van der Waals surface area contributed by atoms with E-state index in [0.717, 1.165) is 6.42 Å². The first-order valence-corrected chi connectivity index (χ1v) is 17.0. The Morgan fingerprint density at radius 2 is 1.17 bits per heavy atom. The van der Waals surface area contributed by atoms with Crippen LogP contribution in [0.5, 0.6) is 0 Å². The highest BCUT2D eigenvalue weighted by Gasteiger charge is 2.35. The monoisotopic (exact) mass is 605 g/mol. The highest BCUT2D eigenvalue weighted by molar-refractivity contribution is 7.26. The first-order valence-electron chi connectivity index (χ1n) is 16.1. The summed E-state index contributed by atoms with van der Waals surface area (Å²) in [4.78, 5) is 2.48. The molecule has 2 aliphatic carbocycles. The third-order valence-electron chi connectivity index (χ3n) is 10.5. The summed E-state index contributed by atoms with van der Waals surface area (Å²) in [6.45, 7) is 4.71. The smallest absolute Gasteiger partial charge is 0.0468 e. The zero-order valence-electron chi connectivity index (χ0n) is 25.8. The topological polar surface area (TPSA) is 3.24 Å². The average molecular weight is 606 g/mol. The SMILES string of the molecule is CC1(C)c2ccccc2-c2cc(N(c3ccc4c(c3)Cc3ccccc3-4)c3ccc4ccc5c6ccccc6sc5c4c3)ccc21. The van der Waals surface area contributed by atoms with Gasteiger partial charge in [-0.3, -0.25) is 0 Å². The minimum absolute atomic E-state index is 0.0234. The summed E-state index contributed by atoms with van der Waals surface area (Å²) in [5, 5.41) is 5.26. The summed E-state index contributed by atoms with van der Waals surface area (Å²) in [5.74, 6) is 0. The molecule has 1 heterocycles. The maximum atomic E-state index is 2.48. The summed E-state index contributed by atoms with van der Waals surface area (Å²) in [6, 6.07) is 52.4. The first-order chi connectivity index (χ1) is 22.5. The number of fused-ring (bicyclic) bond motifs is 11. The maximum Gasteiger partial charge on any atom is 0.0468 e. The van der Waals surface area contributed by atoms with Gasteiger partial charge in [0.2, 0.25) is 0 Å². The fourth-order valence-electron chi connectivity index (χ4n) is 8.19. The van der Waals surface area contributed by atoms with Crippen LogP contribution in [0.4, 0.5) is 17.1 Å². The number of hydrogen-bond acceptors (Lipinski definition) is 2. The Morgan fingerprint density at radius 1 is 0.500 bits per heavy atom. The van der Waals surface area contributed by atoms with Gasteiger partial charge in [0, 0.05) is 48.0 Å². The lowest BCUT2D eigenvalue weighted by Crippen LogP contribution is -2.15. The van der Waals surface area contributed by atoms with Crippen LogP contribution in [0.25, 0.3) is 53.2 Å². The number of thiophene rings is 1. The highest BCUT2D eigenvalue weighted by Crippen LogP contribution is 2.51. The van der Waals surface area contributed by atoms with Crippen LogP contribution < -0.4 is 4.90 Å². The van der Waals surface area contributed by atoms with E-state index >= 15 is 0 Å². The van der Waals surface area contributed by atoms with Gasteiger partial charge >= 0.3 is 0 Å². The molecule has 0 bridgehead atoms. The second-order valence-electron chi connectivity index (χ2n) is 13.4. The summed E-state index contributed by atoms with van der Waals surface area (Å²) < 4.78 is 2.69. The van der Waals surface area contributed by atoms with E-state index < -0.39 is 0 Å². The molecule has 0 amide bonds. The van der Waals surface area contributed by atoms with Crippen LogP contribution in [0.1, 0.15) is 36.1 Å². The Bertz CT molecular complexity index is 2550. The number of rotatable bonds is 3. The molecule has 8 aromatic rings. The minimum Gasteiger partial charge on any atom is -0.310 e. The molecule has 1 aromatic heterocycles. The van der Waals surface area contributed by atoms with Crippen molar-refractivity contribution in [3.05, 3.63) is 162 Å². The van der Waals surface area contributed by atoms with Gasteiger partial charge in [-0.15, -0.1) is 11.3 Å². The van der Waals surface area contributed by atoms with Gasteiger partial charge in [0.1, 0.15) is 0 Å². The second kappa shape index (κ2) is 9.42. The quantitative estimate of drug-likeness (QED) is 0.194. The molecule has 2 heteroatoms. The van der Waals surface area contributed by atoms with Gasteiger partial charge in [0.15, 0.2) is 0 Å². The normalized spacial score (nSPS) is 14.0. The Morgan fingerprint density at radius 3 is 2.11 bits per heavy atom. The van der Waals surface area contributed by atoms with Crippen LogP contribution in [-0.4, -0.2) is 0 Å². The molecule has 10 rings (SSSR count). The minimum atomic E-state index is -0.0234. The molecule has 0 radical (unpaired) electrons. The zero-order valence-corrected chi connectivity index (χ0v) is 26.7. The molecule has 0 saturated carbocycles. The van der Waals surface area contributed by atoms with Crippen LogP contribution in [0, 0.1) is 0 Å². The van der Waals surface area contributed by atoms with Crippen molar-refractivity contribution in [2.45, 2.75) is 25.7 Å². The molecule has 218 valence electrons. The van der Waals surface area contributed by atoms with Crippen LogP contribution in [0.2, 0.25) is 0 Å². The molecule has 0 aliphatic heterocycles. The molecule has 46 heavy (non-hydrogen) atoms. The standard InChI is InChI=1S/C44H31NS/c1-44(2)40-13-7-5-11-35(40)39-26-32(19-22-41(39)44)45(30-18-21-34-29(24-30)23-28-9-3-4-10-33(28)34)31-17-15-27-16-20-37-36-12-6-8-14-42(36)46-43(37)38(27)25-31/h3-22,24-26H,23H2,1-2H3. The largest absolute Gasteiger partial charge is 0.310 e. The van der Waals surface area contributed by atoms with Crippen molar-refractivity contribution in [2.24, 2.45) is 0 Å². The molecular formula is C44H31NS. The van der Waals surface area contributed by atoms with E-state index in [9.17, 15) is 0 Å². The summed E-state index contributed by atoms with van der Waals surface area (Å²) in [7, 11) is 0. The van der Waals surface area contributed by atoms with Crippen LogP contribution in [0.15, 0.2) is 140 Å². The van der Waals surface area contributed by atoms with Crippen molar-refractivity contribution >= 4 is 59.3 Å². The van der Waals surface area contributed by atoms with Gasteiger partial charge in [-0.2, -0.15) is 0 Å². The molecule has 0 N–H and O–H groups in total. The molecule has 0 spiro atoms. The van der Waals surface area contributed by atoms with E-state index in [1.54, 1.807) is 0 Å². The van der Waals surface area contributed by atoms with Gasteiger partial charge in [-0.25, -0.2) is 0 Å². The lowest BCUT2D eigenvalue weighted by molar-refractivity contribution is 0.660. The van der Waals surface area contributed by atoms with Gasteiger partial charge in [-0.05, 0) is 98.8 Å². The number of benzene rings is 7. The average Bonchev–Trinajstić information content (AvgIpc) is 3.73. The fourth-order valence-corrected chi connectivity index (χ4v) is 9.42. The summed E-state index contributed by atoms with van der Waals surface area (Å²) >= 11 is 1.90. The number of nitrogens with zero attached hydrogens (tertiary/aromatic N) is 1. The summed E-state index contributed by atoms with van der Waals surface area (Å²) in [6.07, 6.45) is 0.971. The van der Waals surface area contributed by atoms with Crippen molar-refractivity contribution < 1.29 is 0 Å². The Balaban J connectivity index is 1.20. The molecular weight excluding hydrogens is 575 g/mol. The van der Waals surface area contributed by atoms with Crippen LogP contribution >= 0.6 is 11.3 Å². The van der Waals surface area contributed by atoms with Crippen molar-refractivity contribution in [3.8, 4) is 22.3 Å². The Hall–Kier alpha value is -5.18. The molecule has 0 saturated heterocycles. The lowest BCUT2D eigenvalue weighted by atomic mass is 9.82. The first kappa shape index (κ1) is 26.1. The molecule has 0 atom stereocenters. The number of hydrogen-bond donors (Lipinski definition) is 0. The molecule has 1 nitrogen and oxygen atoms in total. The van der Waals surface area contributed by atoms with E-state index in [4.69, 9.17) is 0 Å². The third-order valence-corrected chi connectivity index (χ3v) is 11.7. The maximum absolute atomic E-state index is 2.48. The number of anilines is 3. The third kappa shape index (κ3) is 3.62. The fraction of sp³-hybridized carbons (Fsp3) is 0.0909. The Kier molecular flexibility index (Phi) is 5.34. The Labute approximate surface area is 273 Å². The second-order valence-corrected chi connectivity index (χ2v) is 14.4. The van der Waals surface area contributed by atoms with Gasteiger partial charge in [-0.1, -0.05) is 111 Å². The van der Waals surface area contributed by atoms with E-state index in [0.29, 0.717) is 0 Å². The molecule has 0 unspecified atom stereocenters. The van der Waals surface area contributed by atoms with Gasteiger partial charge < -0.3 is 4.90 Å². The van der Waals surface area contributed by atoms with Crippen LogP contribution in [-0.2, 0) is 11.8 Å². The predicted octanol–water partition coefficient (Wildman–Crippen LogP) is 12.6.